The quantitative estimate of drug-likeness (QED) is 0.688. The third-order valence-corrected chi connectivity index (χ3v) is 6.36. The van der Waals surface area contributed by atoms with Crippen molar-refractivity contribution in [3.63, 3.8) is 0 Å². The average molecular weight is 281 g/mol. The zero-order valence-electron chi connectivity index (χ0n) is 9.00. The second-order valence-corrected chi connectivity index (χ2v) is 7.71. The molecule has 0 aliphatic carbocycles. The minimum atomic E-state index is -4.75. The van der Waals surface area contributed by atoms with Gasteiger partial charge in [0.05, 0.1) is 0 Å². The van der Waals surface area contributed by atoms with Crippen LogP contribution in [-0.4, -0.2) is 32.2 Å². The lowest BCUT2D eigenvalue weighted by molar-refractivity contribution is 0.300. The van der Waals surface area contributed by atoms with Crippen molar-refractivity contribution in [1.82, 2.24) is 4.98 Å². The summed E-state index contributed by atoms with van der Waals surface area (Å²) in [6.45, 7) is 0. The van der Waals surface area contributed by atoms with E-state index in [2.05, 4.69) is 9.51 Å². The maximum absolute atomic E-state index is 11.6. The van der Waals surface area contributed by atoms with Gasteiger partial charge in [0.2, 0.25) is 0 Å². The van der Waals surface area contributed by atoms with Crippen LogP contribution >= 0.6 is 15.2 Å². The maximum Gasteiger partial charge on any atom is 0.343 e. The molecule has 0 saturated carbocycles. The molecule has 2 unspecified atom stereocenters. The Morgan fingerprint density at radius 3 is 2.47 bits per heavy atom. The number of pyridine rings is 1. The third kappa shape index (κ3) is 4.00. The molecule has 9 heteroatoms. The summed E-state index contributed by atoms with van der Waals surface area (Å²) in [5, 5.41) is -1.77. The molecule has 0 bridgehead atoms. The lowest BCUT2D eigenvalue weighted by atomic mass is 10.2. The molecular formula is C8H13NO6P2. The van der Waals surface area contributed by atoms with E-state index in [0.29, 0.717) is 5.56 Å². The van der Waals surface area contributed by atoms with Gasteiger partial charge in [-0.05, 0) is 18.1 Å². The molecule has 1 aromatic heterocycles. The lowest BCUT2D eigenvalue weighted by Gasteiger charge is -2.21. The van der Waals surface area contributed by atoms with Crippen LogP contribution in [0.4, 0.5) is 0 Å². The maximum atomic E-state index is 11.6. The highest BCUT2D eigenvalue weighted by Gasteiger charge is 2.44. The summed E-state index contributed by atoms with van der Waals surface area (Å²) in [6.07, 6.45) is 2.59. The standard InChI is InChI=1S/C8H13NO6P2/c1-15-17(13,14)8(16(10,11)12)5-7-3-2-4-9-6-7/h2-4,6,8H,5H2,1H3,(H,13,14)(H2,10,11,12). The summed E-state index contributed by atoms with van der Waals surface area (Å²) >= 11 is 0. The smallest absolute Gasteiger partial charge is 0.324 e. The Morgan fingerprint density at radius 1 is 1.41 bits per heavy atom. The Bertz CT molecular complexity index is 458. The Labute approximate surface area is 98.2 Å². The van der Waals surface area contributed by atoms with E-state index in [9.17, 15) is 14.0 Å². The van der Waals surface area contributed by atoms with E-state index >= 15 is 0 Å². The number of hydrogen-bond acceptors (Lipinski definition) is 4. The van der Waals surface area contributed by atoms with E-state index in [4.69, 9.17) is 9.79 Å². The summed E-state index contributed by atoms with van der Waals surface area (Å²) in [6, 6.07) is 3.13. The SMILES string of the molecule is COP(=O)(O)C(Cc1cccnc1)P(=O)(O)O. The molecular weight excluding hydrogens is 268 g/mol. The predicted octanol–water partition coefficient (Wildman–Crippen LogP) is 0.960. The molecule has 0 saturated heterocycles. The Kier molecular flexibility index (Phi) is 4.61. The fourth-order valence-corrected chi connectivity index (χ4v) is 4.21. The van der Waals surface area contributed by atoms with E-state index in [-0.39, 0.29) is 6.42 Å². The largest absolute Gasteiger partial charge is 0.343 e. The van der Waals surface area contributed by atoms with E-state index in [0.717, 1.165) is 7.11 Å². The summed E-state index contributed by atoms with van der Waals surface area (Å²) in [5.74, 6) is 0. The molecule has 0 spiro atoms. The molecule has 17 heavy (non-hydrogen) atoms. The normalized spacial score (nSPS) is 17.4. The molecule has 0 fully saturated rings. The van der Waals surface area contributed by atoms with Crippen LogP contribution in [0.3, 0.4) is 0 Å². The van der Waals surface area contributed by atoms with Crippen molar-refractivity contribution in [1.29, 1.82) is 0 Å². The molecule has 0 radical (unpaired) electrons. The van der Waals surface area contributed by atoms with E-state index < -0.39 is 20.6 Å². The molecule has 1 rings (SSSR count). The van der Waals surface area contributed by atoms with Gasteiger partial charge in [-0.1, -0.05) is 6.07 Å². The van der Waals surface area contributed by atoms with Crippen LogP contribution in [0.15, 0.2) is 24.5 Å². The first-order valence-electron chi connectivity index (χ1n) is 4.59. The lowest BCUT2D eigenvalue weighted by Crippen LogP contribution is -2.14. The minimum Gasteiger partial charge on any atom is -0.324 e. The molecule has 0 aliphatic rings. The predicted molar refractivity (Wildman–Crippen MR) is 60.6 cm³/mol. The Morgan fingerprint density at radius 2 is 2.06 bits per heavy atom. The van der Waals surface area contributed by atoms with Gasteiger partial charge in [0, 0.05) is 19.5 Å². The highest BCUT2D eigenvalue weighted by molar-refractivity contribution is 7.71. The summed E-state index contributed by atoms with van der Waals surface area (Å²) < 4.78 is 27.1. The van der Waals surface area contributed by atoms with Crippen LogP contribution in [0.1, 0.15) is 5.56 Å². The monoisotopic (exact) mass is 281 g/mol. The number of rotatable bonds is 5. The van der Waals surface area contributed by atoms with Gasteiger partial charge in [0.25, 0.3) is 0 Å². The van der Waals surface area contributed by atoms with Crippen molar-refractivity contribution in [3.05, 3.63) is 30.1 Å². The van der Waals surface area contributed by atoms with Crippen LogP contribution in [0.25, 0.3) is 0 Å². The molecule has 96 valence electrons. The summed E-state index contributed by atoms with van der Waals surface area (Å²) in [7, 11) is -8.17. The Balaban J connectivity index is 3.03. The van der Waals surface area contributed by atoms with Gasteiger partial charge in [-0.15, -0.1) is 0 Å². The first-order valence-corrected chi connectivity index (χ1v) is 7.92. The average Bonchev–Trinajstić information content (AvgIpc) is 2.25. The first kappa shape index (κ1) is 14.5. The van der Waals surface area contributed by atoms with Crippen molar-refractivity contribution in [2.75, 3.05) is 7.11 Å². The molecule has 3 N–H and O–H groups in total. The van der Waals surface area contributed by atoms with Gasteiger partial charge in [-0.2, -0.15) is 0 Å². The van der Waals surface area contributed by atoms with Gasteiger partial charge in [-0.3, -0.25) is 14.1 Å². The molecule has 0 aliphatic heterocycles. The zero-order valence-corrected chi connectivity index (χ0v) is 10.8. The van der Waals surface area contributed by atoms with E-state index in [1.165, 1.54) is 12.4 Å². The first-order chi connectivity index (χ1) is 7.77. The van der Waals surface area contributed by atoms with Gasteiger partial charge in [-0.25, -0.2) is 0 Å². The fourth-order valence-electron chi connectivity index (χ4n) is 1.28. The molecule has 2 atom stereocenters. The van der Waals surface area contributed by atoms with Crippen LogP contribution < -0.4 is 0 Å². The summed E-state index contributed by atoms with van der Waals surface area (Å²) in [4.78, 5) is 31.3. The second-order valence-electron chi connectivity index (χ2n) is 3.38. The van der Waals surface area contributed by atoms with Gasteiger partial charge in [0.15, 0.2) is 5.40 Å². The zero-order chi connectivity index (χ0) is 13.1. The highest BCUT2D eigenvalue weighted by atomic mass is 31.2. The van der Waals surface area contributed by atoms with Crippen LogP contribution in [0.5, 0.6) is 0 Å². The van der Waals surface area contributed by atoms with Crippen LogP contribution in [0.2, 0.25) is 0 Å². The van der Waals surface area contributed by atoms with Crippen molar-refractivity contribution in [3.8, 4) is 0 Å². The van der Waals surface area contributed by atoms with Gasteiger partial charge >= 0.3 is 15.2 Å². The number of hydrogen-bond donors (Lipinski definition) is 3. The Hall–Kier alpha value is -0.550. The molecule has 7 nitrogen and oxygen atoms in total. The van der Waals surface area contributed by atoms with Crippen molar-refractivity contribution in [2.24, 2.45) is 0 Å². The van der Waals surface area contributed by atoms with Crippen molar-refractivity contribution >= 4 is 15.2 Å². The molecule has 1 aromatic rings. The van der Waals surface area contributed by atoms with E-state index in [1.807, 2.05) is 0 Å². The summed E-state index contributed by atoms with van der Waals surface area (Å²) in [5.41, 5.74) is 0.451. The fraction of sp³-hybridized carbons (Fsp3) is 0.375. The van der Waals surface area contributed by atoms with Crippen molar-refractivity contribution in [2.45, 2.75) is 11.8 Å². The number of aromatic nitrogens is 1. The van der Waals surface area contributed by atoms with Crippen LogP contribution in [-0.2, 0) is 20.1 Å². The second kappa shape index (κ2) is 5.40. The molecule has 1 heterocycles. The topological polar surface area (TPSA) is 117 Å². The van der Waals surface area contributed by atoms with Gasteiger partial charge in [0.1, 0.15) is 0 Å². The van der Waals surface area contributed by atoms with Crippen LogP contribution in [0, 0.1) is 0 Å². The van der Waals surface area contributed by atoms with Gasteiger partial charge < -0.3 is 19.2 Å². The highest BCUT2D eigenvalue weighted by Crippen LogP contribution is 2.63. The van der Waals surface area contributed by atoms with Crippen molar-refractivity contribution < 1.29 is 28.3 Å². The number of nitrogens with zero attached hydrogens (tertiary/aromatic N) is 1. The molecule has 0 aromatic carbocycles. The molecule has 0 amide bonds. The third-order valence-electron chi connectivity index (χ3n) is 2.17. The minimum absolute atomic E-state index is 0.278. The van der Waals surface area contributed by atoms with E-state index in [1.54, 1.807) is 12.1 Å².